The van der Waals surface area contributed by atoms with E-state index in [1.165, 1.54) is 11.1 Å². The molecule has 126 valence electrons. The van der Waals surface area contributed by atoms with Crippen molar-refractivity contribution in [1.82, 2.24) is 0 Å². The zero-order valence-electron chi connectivity index (χ0n) is 14.9. The molecule has 0 aliphatic heterocycles. The van der Waals surface area contributed by atoms with E-state index in [-0.39, 0.29) is 5.92 Å². The van der Waals surface area contributed by atoms with Crippen molar-refractivity contribution < 1.29 is 10.2 Å². The SMILES string of the molecule is C=C1CC[C@](O)(C(C)C)CC/C(C)=C/CC/C(C)=C/C[C@H]1O. The molecule has 0 aromatic heterocycles. The first kappa shape index (κ1) is 19.2. The molecule has 0 spiro atoms. The maximum absolute atomic E-state index is 11.0. The minimum absolute atomic E-state index is 0.209. The quantitative estimate of drug-likeness (QED) is 0.674. The van der Waals surface area contributed by atoms with E-state index in [1.54, 1.807) is 0 Å². The van der Waals surface area contributed by atoms with Crippen LogP contribution in [0.3, 0.4) is 0 Å². The number of aliphatic hydroxyl groups excluding tert-OH is 1. The second-order valence-electron chi connectivity index (χ2n) is 7.31. The summed E-state index contributed by atoms with van der Waals surface area (Å²) in [6, 6.07) is 0. The van der Waals surface area contributed by atoms with Gasteiger partial charge in [0.2, 0.25) is 0 Å². The van der Waals surface area contributed by atoms with Crippen LogP contribution in [0.25, 0.3) is 0 Å². The number of hydrogen-bond donors (Lipinski definition) is 2. The molecule has 22 heavy (non-hydrogen) atoms. The lowest BCUT2D eigenvalue weighted by atomic mass is 9.79. The normalized spacial score (nSPS) is 34.5. The van der Waals surface area contributed by atoms with Crippen LogP contribution in [0.15, 0.2) is 35.5 Å². The van der Waals surface area contributed by atoms with Crippen LogP contribution in [-0.4, -0.2) is 21.9 Å². The van der Waals surface area contributed by atoms with Gasteiger partial charge < -0.3 is 10.2 Å². The van der Waals surface area contributed by atoms with Gasteiger partial charge in [-0.2, -0.15) is 0 Å². The van der Waals surface area contributed by atoms with Crippen molar-refractivity contribution in [1.29, 1.82) is 0 Å². The van der Waals surface area contributed by atoms with Gasteiger partial charge in [0.25, 0.3) is 0 Å². The Morgan fingerprint density at radius 2 is 1.68 bits per heavy atom. The lowest BCUT2D eigenvalue weighted by Gasteiger charge is -2.33. The van der Waals surface area contributed by atoms with Crippen molar-refractivity contribution in [2.45, 2.75) is 84.3 Å². The number of aliphatic hydroxyl groups is 2. The topological polar surface area (TPSA) is 40.5 Å². The molecule has 0 heterocycles. The third-order valence-corrected chi connectivity index (χ3v) is 5.10. The monoisotopic (exact) mass is 306 g/mol. The third kappa shape index (κ3) is 6.10. The first-order valence-electron chi connectivity index (χ1n) is 8.64. The highest BCUT2D eigenvalue weighted by Crippen LogP contribution is 2.32. The van der Waals surface area contributed by atoms with Crippen LogP contribution in [0.1, 0.15) is 72.6 Å². The average Bonchev–Trinajstić information content (AvgIpc) is 2.47. The maximum Gasteiger partial charge on any atom is 0.0782 e. The van der Waals surface area contributed by atoms with E-state index < -0.39 is 11.7 Å². The molecule has 0 aromatic carbocycles. The molecule has 0 saturated heterocycles. The van der Waals surface area contributed by atoms with Crippen LogP contribution < -0.4 is 0 Å². The molecule has 2 nitrogen and oxygen atoms in total. The highest BCUT2D eigenvalue weighted by molar-refractivity contribution is 5.10. The molecule has 2 heteroatoms. The molecule has 0 saturated carbocycles. The standard InChI is InChI=1S/C20H34O2/c1-15(2)20(22)13-11-17(4)8-6-7-16(3)9-10-19(21)18(5)12-14-20/h8-9,15,19,21-22H,5-7,10-14H2,1-4H3/b16-9+,17-8+/t19-,20+/m1/s1. The fourth-order valence-electron chi connectivity index (χ4n) is 2.89. The van der Waals surface area contributed by atoms with Gasteiger partial charge in [-0.3, -0.25) is 0 Å². The molecule has 1 rings (SSSR count). The van der Waals surface area contributed by atoms with Crippen molar-refractivity contribution >= 4 is 0 Å². The molecule has 0 bridgehead atoms. The fourth-order valence-corrected chi connectivity index (χ4v) is 2.89. The van der Waals surface area contributed by atoms with Gasteiger partial charge in [0.15, 0.2) is 0 Å². The van der Waals surface area contributed by atoms with E-state index >= 15 is 0 Å². The predicted octanol–water partition coefficient (Wildman–Crippen LogP) is 4.93. The first-order chi connectivity index (χ1) is 10.2. The Hall–Kier alpha value is -0.860. The molecule has 2 atom stereocenters. The van der Waals surface area contributed by atoms with Gasteiger partial charge in [-0.1, -0.05) is 43.7 Å². The van der Waals surface area contributed by atoms with Crippen molar-refractivity contribution in [3.8, 4) is 0 Å². The summed E-state index contributed by atoms with van der Waals surface area (Å²) in [5, 5.41) is 21.2. The molecule has 0 fully saturated rings. The van der Waals surface area contributed by atoms with Crippen LogP contribution in [-0.2, 0) is 0 Å². The smallest absolute Gasteiger partial charge is 0.0782 e. The number of hydrogen-bond acceptors (Lipinski definition) is 2. The highest BCUT2D eigenvalue weighted by Gasteiger charge is 2.30. The third-order valence-electron chi connectivity index (χ3n) is 5.10. The van der Waals surface area contributed by atoms with Crippen LogP contribution in [0.5, 0.6) is 0 Å². The van der Waals surface area contributed by atoms with Crippen LogP contribution in [0.4, 0.5) is 0 Å². The summed E-state index contributed by atoms with van der Waals surface area (Å²) in [6.07, 6.45) is 9.70. The van der Waals surface area contributed by atoms with Crippen molar-refractivity contribution in [2.75, 3.05) is 0 Å². The molecule has 0 amide bonds. The van der Waals surface area contributed by atoms with Crippen LogP contribution >= 0.6 is 0 Å². The van der Waals surface area contributed by atoms with E-state index in [2.05, 4.69) is 46.4 Å². The van der Waals surface area contributed by atoms with Crippen LogP contribution in [0, 0.1) is 5.92 Å². The summed E-state index contributed by atoms with van der Waals surface area (Å²) >= 11 is 0. The maximum atomic E-state index is 11.0. The molecule has 1 aliphatic carbocycles. The first-order valence-corrected chi connectivity index (χ1v) is 8.64. The molecule has 2 N–H and O–H groups in total. The summed E-state index contributed by atoms with van der Waals surface area (Å²) in [5.41, 5.74) is 2.86. The van der Waals surface area contributed by atoms with E-state index in [0.29, 0.717) is 19.3 Å². The Bertz CT molecular complexity index is 431. The average molecular weight is 306 g/mol. The van der Waals surface area contributed by atoms with E-state index in [0.717, 1.165) is 31.3 Å². The largest absolute Gasteiger partial charge is 0.390 e. The minimum Gasteiger partial charge on any atom is -0.390 e. The lowest BCUT2D eigenvalue weighted by Crippen LogP contribution is -2.35. The van der Waals surface area contributed by atoms with Gasteiger partial charge in [0.1, 0.15) is 0 Å². The Morgan fingerprint density at radius 1 is 1.09 bits per heavy atom. The van der Waals surface area contributed by atoms with E-state index in [4.69, 9.17) is 0 Å². The molecule has 0 unspecified atom stereocenters. The Labute approximate surface area is 136 Å². The predicted molar refractivity (Wildman–Crippen MR) is 94.8 cm³/mol. The Kier molecular flexibility index (Phi) is 7.58. The number of rotatable bonds is 1. The van der Waals surface area contributed by atoms with Crippen molar-refractivity contribution in [3.63, 3.8) is 0 Å². The van der Waals surface area contributed by atoms with E-state index in [9.17, 15) is 10.2 Å². The zero-order valence-corrected chi connectivity index (χ0v) is 14.9. The van der Waals surface area contributed by atoms with E-state index in [1.807, 2.05) is 0 Å². The molecular weight excluding hydrogens is 272 g/mol. The molecule has 1 aliphatic rings. The second-order valence-corrected chi connectivity index (χ2v) is 7.31. The van der Waals surface area contributed by atoms with Crippen molar-refractivity contribution in [2.24, 2.45) is 5.92 Å². The van der Waals surface area contributed by atoms with Gasteiger partial charge in [0, 0.05) is 0 Å². The summed E-state index contributed by atoms with van der Waals surface area (Å²) in [6.45, 7) is 12.5. The second kappa shape index (κ2) is 8.69. The van der Waals surface area contributed by atoms with Crippen molar-refractivity contribution in [3.05, 3.63) is 35.5 Å². The zero-order chi connectivity index (χ0) is 16.8. The van der Waals surface area contributed by atoms with Gasteiger partial charge in [0.05, 0.1) is 11.7 Å². The summed E-state index contributed by atoms with van der Waals surface area (Å²) in [5.74, 6) is 0.209. The Morgan fingerprint density at radius 3 is 2.32 bits per heavy atom. The van der Waals surface area contributed by atoms with Crippen LogP contribution in [0.2, 0.25) is 0 Å². The van der Waals surface area contributed by atoms with Gasteiger partial charge in [-0.25, -0.2) is 0 Å². The molecular formula is C20H34O2. The summed E-state index contributed by atoms with van der Waals surface area (Å²) < 4.78 is 0. The van der Waals surface area contributed by atoms with Gasteiger partial charge in [-0.05, 0) is 70.3 Å². The number of allylic oxidation sites excluding steroid dienone is 3. The minimum atomic E-state index is -0.673. The van der Waals surface area contributed by atoms with Gasteiger partial charge >= 0.3 is 0 Å². The fraction of sp³-hybridized carbons (Fsp3) is 0.700. The lowest BCUT2D eigenvalue weighted by molar-refractivity contribution is -0.0211. The summed E-state index contributed by atoms with van der Waals surface area (Å²) in [7, 11) is 0. The molecule has 0 radical (unpaired) electrons. The molecule has 0 aromatic rings. The highest BCUT2D eigenvalue weighted by atomic mass is 16.3. The summed E-state index contributed by atoms with van der Waals surface area (Å²) in [4.78, 5) is 0. The Balaban J connectivity index is 2.88. The van der Waals surface area contributed by atoms with Gasteiger partial charge in [-0.15, -0.1) is 0 Å².